The first-order chi connectivity index (χ1) is 9.46. The van der Waals surface area contributed by atoms with E-state index in [4.69, 9.17) is 0 Å². The van der Waals surface area contributed by atoms with Crippen molar-refractivity contribution in [1.82, 2.24) is 19.8 Å². The van der Waals surface area contributed by atoms with Gasteiger partial charge in [0.25, 0.3) is 0 Å². The van der Waals surface area contributed by atoms with Crippen LogP contribution < -0.4 is 5.32 Å². The molecule has 1 aromatic heterocycles. The van der Waals surface area contributed by atoms with Crippen molar-refractivity contribution in [3.63, 3.8) is 0 Å². The maximum absolute atomic E-state index is 12.6. The zero-order chi connectivity index (χ0) is 14.8. The topological polar surface area (TPSA) is 78.1 Å². The molecule has 6 nitrogen and oxygen atoms in total. The van der Waals surface area contributed by atoms with Gasteiger partial charge in [-0.2, -0.15) is 9.40 Å². The number of rotatable bonds is 5. The molecule has 0 spiro atoms. The molecule has 1 aliphatic heterocycles. The van der Waals surface area contributed by atoms with Crippen molar-refractivity contribution in [2.75, 3.05) is 19.6 Å². The second-order valence-electron chi connectivity index (χ2n) is 5.47. The molecule has 2 N–H and O–H groups in total. The van der Waals surface area contributed by atoms with Crippen molar-refractivity contribution in [2.24, 2.45) is 5.92 Å². The summed E-state index contributed by atoms with van der Waals surface area (Å²) in [7, 11) is -3.42. The van der Waals surface area contributed by atoms with Gasteiger partial charge in [0.2, 0.25) is 10.0 Å². The van der Waals surface area contributed by atoms with Crippen molar-refractivity contribution in [1.29, 1.82) is 0 Å². The normalized spacial score (nSPS) is 22.9. The zero-order valence-corrected chi connectivity index (χ0v) is 13.2. The van der Waals surface area contributed by atoms with Gasteiger partial charge in [-0.3, -0.25) is 5.10 Å². The number of nitrogens with zero attached hydrogens (tertiary/aromatic N) is 2. The fourth-order valence-electron chi connectivity index (χ4n) is 2.83. The number of aromatic nitrogens is 2. The summed E-state index contributed by atoms with van der Waals surface area (Å²) in [5.41, 5.74) is 0.604. The second kappa shape index (κ2) is 6.24. The van der Waals surface area contributed by atoms with Gasteiger partial charge in [-0.25, -0.2) is 8.42 Å². The Bertz CT molecular complexity index is 540. The highest BCUT2D eigenvalue weighted by Gasteiger charge is 2.33. The lowest BCUT2D eigenvalue weighted by Crippen LogP contribution is -2.46. The first-order valence-corrected chi connectivity index (χ1v) is 8.64. The number of hydrogen-bond donors (Lipinski definition) is 2. The summed E-state index contributed by atoms with van der Waals surface area (Å²) in [4.78, 5) is 0.300. The lowest BCUT2D eigenvalue weighted by Gasteiger charge is -2.35. The maximum atomic E-state index is 12.6. The van der Waals surface area contributed by atoms with Gasteiger partial charge >= 0.3 is 0 Å². The average molecular weight is 300 g/mol. The molecule has 1 saturated heterocycles. The summed E-state index contributed by atoms with van der Waals surface area (Å²) in [5.74, 6) is 0.366. The molecule has 2 heterocycles. The summed E-state index contributed by atoms with van der Waals surface area (Å²) in [5, 5.41) is 9.92. The first-order valence-electron chi connectivity index (χ1n) is 7.20. The van der Waals surface area contributed by atoms with Crippen LogP contribution in [0.3, 0.4) is 0 Å². The molecule has 1 aliphatic rings. The van der Waals surface area contributed by atoms with Crippen LogP contribution in [0, 0.1) is 12.8 Å². The van der Waals surface area contributed by atoms with Crippen LogP contribution in [0.15, 0.2) is 11.1 Å². The lowest BCUT2D eigenvalue weighted by molar-refractivity contribution is 0.225. The maximum Gasteiger partial charge on any atom is 0.246 e. The smallest absolute Gasteiger partial charge is 0.246 e. The Labute approximate surface area is 121 Å². The molecule has 20 heavy (non-hydrogen) atoms. The van der Waals surface area contributed by atoms with E-state index in [1.807, 2.05) is 0 Å². The molecule has 0 aliphatic carbocycles. The third-order valence-corrected chi connectivity index (χ3v) is 6.03. The van der Waals surface area contributed by atoms with Gasteiger partial charge in [-0.1, -0.05) is 6.92 Å². The molecular formula is C13H24N4O2S. The Balaban J connectivity index is 2.15. The van der Waals surface area contributed by atoms with E-state index in [2.05, 4.69) is 29.4 Å². The molecule has 0 bridgehead atoms. The highest BCUT2D eigenvalue weighted by Crippen LogP contribution is 2.26. The van der Waals surface area contributed by atoms with Crippen LogP contribution in [0.4, 0.5) is 0 Å². The predicted octanol–water partition coefficient (Wildman–Crippen LogP) is 1.12. The minimum Gasteiger partial charge on any atom is -0.314 e. The number of sulfonamides is 1. The second-order valence-corrected chi connectivity index (χ2v) is 7.38. The number of piperidine rings is 1. The Morgan fingerprint density at radius 1 is 1.60 bits per heavy atom. The summed E-state index contributed by atoms with van der Waals surface area (Å²) < 4.78 is 26.9. The molecule has 0 aromatic carbocycles. The fourth-order valence-corrected chi connectivity index (χ4v) is 4.48. The van der Waals surface area contributed by atoms with Gasteiger partial charge in [0.1, 0.15) is 4.90 Å². The lowest BCUT2D eigenvalue weighted by atomic mass is 9.93. The van der Waals surface area contributed by atoms with Crippen molar-refractivity contribution < 1.29 is 8.42 Å². The van der Waals surface area contributed by atoms with Crippen molar-refractivity contribution in [3.8, 4) is 0 Å². The van der Waals surface area contributed by atoms with E-state index in [1.54, 1.807) is 11.2 Å². The standard InChI is InChI=1S/C13H24N4O2S/c1-4-14-10(2)12-6-5-7-17(9-12)20(18,19)13-8-15-16-11(13)3/h8,10,12,14H,4-7,9H2,1-3H3,(H,15,16). The summed E-state index contributed by atoms with van der Waals surface area (Å²) in [6.07, 6.45) is 3.39. The van der Waals surface area contributed by atoms with Crippen molar-refractivity contribution >= 4 is 10.0 Å². The third kappa shape index (κ3) is 3.05. The highest BCUT2D eigenvalue weighted by molar-refractivity contribution is 7.89. The molecule has 0 radical (unpaired) electrons. The average Bonchev–Trinajstić information content (AvgIpc) is 2.86. The fraction of sp³-hybridized carbons (Fsp3) is 0.769. The van der Waals surface area contributed by atoms with E-state index in [0.29, 0.717) is 35.6 Å². The molecular weight excluding hydrogens is 276 g/mol. The number of nitrogens with one attached hydrogen (secondary N) is 2. The monoisotopic (exact) mass is 300 g/mol. The van der Waals surface area contributed by atoms with Crippen LogP contribution in [0.25, 0.3) is 0 Å². The van der Waals surface area contributed by atoms with Crippen LogP contribution in [-0.2, 0) is 10.0 Å². The van der Waals surface area contributed by atoms with Gasteiger partial charge in [-0.15, -0.1) is 0 Å². The molecule has 2 unspecified atom stereocenters. The van der Waals surface area contributed by atoms with Gasteiger partial charge < -0.3 is 5.32 Å². The summed E-state index contributed by atoms with van der Waals surface area (Å²) >= 11 is 0. The Kier molecular flexibility index (Phi) is 4.82. The van der Waals surface area contributed by atoms with E-state index in [9.17, 15) is 8.42 Å². The van der Waals surface area contributed by atoms with Gasteiger partial charge in [0, 0.05) is 19.1 Å². The van der Waals surface area contributed by atoms with Gasteiger partial charge in [0.05, 0.1) is 11.9 Å². The molecule has 2 atom stereocenters. The molecule has 114 valence electrons. The van der Waals surface area contributed by atoms with Crippen LogP contribution in [0.2, 0.25) is 0 Å². The minimum absolute atomic E-state index is 0.300. The van der Waals surface area contributed by atoms with E-state index in [0.717, 1.165) is 19.4 Å². The first kappa shape index (κ1) is 15.5. The van der Waals surface area contributed by atoms with Crippen LogP contribution in [0.1, 0.15) is 32.4 Å². The van der Waals surface area contributed by atoms with Crippen LogP contribution in [-0.4, -0.2) is 48.6 Å². The van der Waals surface area contributed by atoms with E-state index < -0.39 is 10.0 Å². The van der Waals surface area contributed by atoms with E-state index in [-0.39, 0.29) is 0 Å². The quantitative estimate of drug-likeness (QED) is 0.854. The van der Waals surface area contributed by atoms with Crippen molar-refractivity contribution in [2.45, 2.75) is 44.6 Å². The molecule has 7 heteroatoms. The minimum atomic E-state index is -3.42. The summed E-state index contributed by atoms with van der Waals surface area (Å²) in [6, 6.07) is 0.337. The highest BCUT2D eigenvalue weighted by atomic mass is 32.2. The SMILES string of the molecule is CCNC(C)C1CCCN(S(=O)(=O)c2cn[nH]c2C)C1. The zero-order valence-electron chi connectivity index (χ0n) is 12.4. The third-order valence-electron chi connectivity index (χ3n) is 4.06. The van der Waals surface area contributed by atoms with Gasteiger partial charge in [-0.05, 0) is 39.2 Å². The summed E-state index contributed by atoms with van der Waals surface area (Å²) in [6.45, 7) is 8.04. The molecule has 0 saturated carbocycles. The largest absolute Gasteiger partial charge is 0.314 e. The molecule has 1 fully saturated rings. The van der Waals surface area contributed by atoms with E-state index in [1.165, 1.54) is 6.20 Å². The van der Waals surface area contributed by atoms with E-state index >= 15 is 0 Å². The Morgan fingerprint density at radius 2 is 2.35 bits per heavy atom. The molecule has 0 amide bonds. The number of aryl methyl sites for hydroxylation is 1. The Hall–Kier alpha value is -0.920. The van der Waals surface area contributed by atoms with Crippen LogP contribution in [0.5, 0.6) is 0 Å². The number of H-pyrrole nitrogens is 1. The number of aromatic amines is 1. The van der Waals surface area contributed by atoms with Crippen LogP contribution >= 0.6 is 0 Å². The Morgan fingerprint density at radius 3 is 2.95 bits per heavy atom. The number of hydrogen-bond acceptors (Lipinski definition) is 4. The van der Waals surface area contributed by atoms with Crippen molar-refractivity contribution in [3.05, 3.63) is 11.9 Å². The molecule has 2 rings (SSSR count). The van der Waals surface area contributed by atoms with Gasteiger partial charge in [0.15, 0.2) is 0 Å². The molecule has 1 aromatic rings. The predicted molar refractivity (Wildman–Crippen MR) is 77.9 cm³/mol.